The minimum Gasteiger partial charge on any atom is -0.504 e. The average Bonchev–Trinajstić information content (AvgIpc) is 3.53. The first-order chi connectivity index (χ1) is 23.8. The highest BCUT2D eigenvalue weighted by Gasteiger charge is 2.57. The molecule has 5 aliphatic heterocycles. The number of phenolic OH excluding ortho intramolecular Hbond substituents is 2. The van der Waals surface area contributed by atoms with E-state index in [1.54, 1.807) is 0 Å². The van der Waals surface area contributed by atoms with Crippen molar-refractivity contribution in [2.45, 2.75) is 42.9 Å². The fourth-order valence-electron chi connectivity index (χ4n) is 7.21. The van der Waals surface area contributed by atoms with E-state index in [1.807, 2.05) is 6.92 Å². The van der Waals surface area contributed by atoms with Crippen LogP contribution in [0.3, 0.4) is 0 Å². The van der Waals surface area contributed by atoms with Gasteiger partial charge in [-0.2, -0.15) is 0 Å². The molecular weight excluding hydrogens is 693 g/mol. The number of hydrogen-bond donors (Lipinski definition) is 7. The lowest BCUT2D eigenvalue weighted by Gasteiger charge is -2.56. The van der Waals surface area contributed by atoms with Crippen molar-refractivity contribution in [2.75, 3.05) is 45.6 Å². The first kappa shape index (κ1) is 35.0. The molecule has 7 rings (SSSR count). The number of quaternary nitrogens is 1. The topological polar surface area (TPSA) is 249 Å². The van der Waals surface area contributed by atoms with Crippen LogP contribution in [0.25, 0.3) is 0 Å². The average molecular weight is 730 g/mol. The molecule has 3 amide bonds. The summed E-state index contributed by atoms with van der Waals surface area (Å²) in [5, 5.41) is 52.5. The largest absolute Gasteiger partial charge is 0.504 e. The van der Waals surface area contributed by atoms with E-state index in [0.29, 0.717) is 23.1 Å². The molecule has 50 heavy (non-hydrogen) atoms. The number of anilines is 1. The third-order valence-corrected chi connectivity index (χ3v) is 12.2. The van der Waals surface area contributed by atoms with Gasteiger partial charge in [-0.3, -0.25) is 19.3 Å². The first-order valence-electron chi connectivity index (χ1n) is 15.8. The fourth-order valence-corrected chi connectivity index (χ4v) is 9.20. The lowest BCUT2D eigenvalue weighted by Crippen LogP contribution is -2.72. The van der Waals surface area contributed by atoms with Crippen LogP contribution in [0.1, 0.15) is 37.4 Å². The number of hydrogen-bond acceptors (Lipinski definition) is 14. The molecule has 1 aromatic heterocycles. The van der Waals surface area contributed by atoms with Gasteiger partial charge in [-0.15, -0.1) is 23.1 Å². The molecule has 2 bridgehead atoms. The summed E-state index contributed by atoms with van der Waals surface area (Å²) in [6.07, 6.45) is 2.37. The molecule has 0 aliphatic carbocycles. The number of fused-ring (bicyclic) bond motifs is 4. The summed E-state index contributed by atoms with van der Waals surface area (Å²) in [6.45, 7) is 5.02. The Balaban J connectivity index is 1.11. The number of phenols is 2. The molecule has 5 aliphatic rings. The number of aliphatic carboxylic acids is 1. The Labute approximate surface area is 294 Å². The maximum atomic E-state index is 13.4. The van der Waals surface area contributed by atoms with Gasteiger partial charge < -0.3 is 46.2 Å². The Morgan fingerprint density at radius 2 is 1.84 bits per heavy atom. The number of carboxylic acid groups (broad SMARTS) is 1. The van der Waals surface area contributed by atoms with Gasteiger partial charge in [0.05, 0.1) is 19.6 Å². The number of carbonyl (C=O) groups excluding carboxylic acids is 3. The molecule has 4 saturated heterocycles. The van der Waals surface area contributed by atoms with E-state index >= 15 is 0 Å². The molecule has 1 aromatic carbocycles. The van der Waals surface area contributed by atoms with Crippen LogP contribution in [-0.4, -0.2) is 127 Å². The molecule has 0 saturated carbocycles. The van der Waals surface area contributed by atoms with Crippen LogP contribution in [0.4, 0.5) is 5.13 Å². The van der Waals surface area contributed by atoms with Crippen LogP contribution >= 0.6 is 23.1 Å². The lowest BCUT2D eigenvalue weighted by atomic mass is 9.70. The number of β-lactam (4-membered cyclic amide) rings is 1. The Bertz CT molecular complexity index is 1820. The fraction of sp³-hybridized carbons (Fsp3) is 0.452. The zero-order chi connectivity index (χ0) is 36.0. The maximum Gasteiger partial charge on any atom is 0.352 e. The predicted octanol–water partition coefficient (Wildman–Crippen LogP) is 0.610. The Hall–Kier alpha value is -4.88. The molecule has 4 fully saturated rings. The van der Waals surface area contributed by atoms with Crippen LogP contribution < -0.4 is 16.4 Å². The molecular formula is C31H37N8O9S2+. The molecule has 3 atom stereocenters. The molecule has 17 nitrogen and oxygen atoms in total. The number of amides is 3. The van der Waals surface area contributed by atoms with Gasteiger partial charge in [0.1, 0.15) is 36.5 Å². The summed E-state index contributed by atoms with van der Waals surface area (Å²) < 4.78 is 0.663. The smallest absolute Gasteiger partial charge is 0.352 e. The van der Waals surface area contributed by atoms with Gasteiger partial charge in [-0.1, -0.05) is 10.3 Å². The number of nitrogen functional groups attached to an aromatic ring is 1. The quantitative estimate of drug-likeness (QED) is 0.0420. The standard InChI is InChI=1S/C31H36N8O9S2/c1-15-17(24(29(45)46)38-27(44)23(28(38)50-15)35-26(43)22(36-47)18-13-49-30(32)34-18)12-39-8-5-31(6-9-39,7-10-39)14-33-25(42)21(37-48-2)16-3-4-19(40)20(41)11-16/h3-4,11,13,15,23,28H,5-10,12,14H2,1-2H3,(H7-,32,33,34,35,36,37,40,41,42,43,45,46,47)/p+1/t15-,23+,28+,31?,39?/m0/s1. The summed E-state index contributed by atoms with van der Waals surface area (Å²) in [4.78, 5) is 62.2. The summed E-state index contributed by atoms with van der Waals surface area (Å²) in [5.74, 6) is -3.82. The Morgan fingerprint density at radius 1 is 1.14 bits per heavy atom. The zero-order valence-electron chi connectivity index (χ0n) is 27.2. The van der Waals surface area contributed by atoms with Gasteiger partial charge in [0.15, 0.2) is 28.1 Å². The van der Waals surface area contributed by atoms with Crippen molar-refractivity contribution < 1.29 is 49.0 Å². The van der Waals surface area contributed by atoms with Gasteiger partial charge in [0.25, 0.3) is 17.7 Å². The van der Waals surface area contributed by atoms with Crippen LogP contribution in [-0.2, 0) is 24.0 Å². The number of benzene rings is 1. The SMILES string of the molecule is CO/N=C(\C(=O)NCC12CC[N+](CC3=C(C(=O)O)N4C(=O)[C@@H](NC(=O)/C(=N\O)c5csc(N)n5)[C@H]4S[C@H]3C)(CC1)CC2)c1ccc(O)c(O)c1. The number of carboxylic acids is 1. The van der Waals surface area contributed by atoms with Crippen molar-refractivity contribution in [3.05, 3.63) is 46.1 Å². The van der Waals surface area contributed by atoms with Crippen molar-refractivity contribution >= 4 is 63.3 Å². The number of nitrogens with zero attached hydrogens (tertiary/aromatic N) is 5. The number of carbonyl (C=O) groups is 4. The minimum atomic E-state index is -1.22. The molecule has 0 spiro atoms. The van der Waals surface area contributed by atoms with E-state index in [4.69, 9.17) is 10.6 Å². The van der Waals surface area contributed by atoms with Gasteiger partial charge in [0, 0.05) is 53.0 Å². The van der Waals surface area contributed by atoms with E-state index in [1.165, 1.54) is 47.4 Å². The molecule has 0 unspecified atom stereocenters. The highest BCUT2D eigenvalue weighted by atomic mass is 32.2. The van der Waals surface area contributed by atoms with Crippen molar-refractivity contribution in [1.82, 2.24) is 20.5 Å². The number of thiazole rings is 1. The van der Waals surface area contributed by atoms with Crippen molar-refractivity contribution in [3.8, 4) is 11.5 Å². The Morgan fingerprint density at radius 3 is 2.42 bits per heavy atom. The van der Waals surface area contributed by atoms with Crippen LogP contribution in [0.5, 0.6) is 11.5 Å². The highest BCUT2D eigenvalue weighted by Crippen LogP contribution is 2.48. The summed E-state index contributed by atoms with van der Waals surface area (Å²) in [6, 6.07) is 2.92. The van der Waals surface area contributed by atoms with Crippen LogP contribution in [0, 0.1) is 5.41 Å². The number of nitrogens with two attached hydrogens (primary N) is 1. The van der Waals surface area contributed by atoms with Gasteiger partial charge in [0.2, 0.25) is 0 Å². The molecule has 19 heteroatoms. The number of aromatic nitrogens is 1. The zero-order valence-corrected chi connectivity index (χ0v) is 28.8. The monoisotopic (exact) mass is 729 g/mol. The summed E-state index contributed by atoms with van der Waals surface area (Å²) >= 11 is 2.45. The molecule has 8 N–H and O–H groups in total. The van der Waals surface area contributed by atoms with Gasteiger partial charge in [-0.05, 0) is 25.1 Å². The Kier molecular flexibility index (Phi) is 9.40. The minimum absolute atomic E-state index is 0.0415. The highest BCUT2D eigenvalue weighted by molar-refractivity contribution is 8.00. The van der Waals surface area contributed by atoms with Gasteiger partial charge >= 0.3 is 5.97 Å². The van der Waals surface area contributed by atoms with Crippen molar-refractivity contribution in [2.24, 2.45) is 15.7 Å². The second-order valence-corrected chi connectivity index (χ2v) is 15.3. The van der Waals surface area contributed by atoms with E-state index < -0.39 is 40.8 Å². The number of aromatic hydroxyl groups is 2. The predicted molar refractivity (Wildman–Crippen MR) is 181 cm³/mol. The second-order valence-electron chi connectivity index (χ2n) is 13.0. The molecule has 2 aromatic rings. The van der Waals surface area contributed by atoms with Crippen molar-refractivity contribution in [1.29, 1.82) is 0 Å². The van der Waals surface area contributed by atoms with Crippen LogP contribution in [0.15, 0.2) is 45.2 Å². The van der Waals surface area contributed by atoms with E-state index in [9.17, 15) is 39.7 Å². The number of nitrogens with one attached hydrogen (secondary N) is 2. The third-order valence-electron chi connectivity index (χ3n) is 10.1. The van der Waals surface area contributed by atoms with Crippen molar-refractivity contribution in [3.63, 3.8) is 0 Å². The number of piperidine rings is 3. The number of rotatable bonds is 11. The maximum absolute atomic E-state index is 13.4. The normalized spacial score (nSPS) is 27.8. The third kappa shape index (κ3) is 6.31. The lowest BCUT2D eigenvalue weighted by molar-refractivity contribution is -0.941. The van der Waals surface area contributed by atoms with E-state index in [2.05, 4.69) is 25.9 Å². The first-order valence-corrected chi connectivity index (χ1v) is 17.6. The summed E-state index contributed by atoms with van der Waals surface area (Å²) in [5.41, 5.74) is 5.96. The number of oxime groups is 2. The summed E-state index contributed by atoms with van der Waals surface area (Å²) in [7, 11) is 1.31. The van der Waals surface area contributed by atoms with E-state index in [0.717, 1.165) is 50.2 Å². The van der Waals surface area contributed by atoms with Gasteiger partial charge in [-0.25, -0.2) is 9.78 Å². The molecule has 0 radical (unpaired) electrons. The second kappa shape index (κ2) is 13.4. The number of thioether (sulfide) groups is 1. The molecule has 266 valence electrons. The van der Waals surface area contributed by atoms with Crippen LogP contribution in [0.2, 0.25) is 0 Å². The molecule has 6 heterocycles. The van der Waals surface area contributed by atoms with E-state index in [-0.39, 0.29) is 50.0 Å².